The SMILES string of the molecule is CCC1CCCN1c1c(C(N)=S)cnc2ccccc12. The number of anilines is 1. The summed E-state index contributed by atoms with van der Waals surface area (Å²) in [5.41, 5.74) is 9.00. The van der Waals surface area contributed by atoms with Gasteiger partial charge in [-0.1, -0.05) is 37.3 Å². The van der Waals surface area contributed by atoms with Gasteiger partial charge in [0.05, 0.1) is 16.8 Å². The highest BCUT2D eigenvalue weighted by molar-refractivity contribution is 7.80. The second-order valence-corrected chi connectivity index (χ2v) is 5.74. The number of para-hydroxylation sites is 1. The molecule has 0 saturated carbocycles. The zero-order valence-electron chi connectivity index (χ0n) is 11.7. The Morgan fingerprint density at radius 3 is 3.00 bits per heavy atom. The van der Waals surface area contributed by atoms with E-state index < -0.39 is 0 Å². The van der Waals surface area contributed by atoms with E-state index in [1.807, 2.05) is 24.4 Å². The lowest BCUT2D eigenvalue weighted by Gasteiger charge is -2.29. The van der Waals surface area contributed by atoms with Crippen LogP contribution in [0.4, 0.5) is 5.69 Å². The third kappa shape index (κ3) is 2.14. The molecular formula is C16H19N3S. The molecular weight excluding hydrogens is 266 g/mol. The minimum atomic E-state index is 0.431. The lowest BCUT2D eigenvalue weighted by Crippen LogP contribution is -2.31. The molecule has 1 fully saturated rings. The molecule has 3 rings (SSSR count). The summed E-state index contributed by atoms with van der Waals surface area (Å²) in [6.07, 6.45) is 5.44. The van der Waals surface area contributed by atoms with Crippen molar-refractivity contribution in [2.24, 2.45) is 5.73 Å². The molecule has 2 aromatic rings. The van der Waals surface area contributed by atoms with Crippen LogP contribution in [-0.4, -0.2) is 22.6 Å². The van der Waals surface area contributed by atoms with Crippen molar-refractivity contribution in [3.63, 3.8) is 0 Å². The summed E-state index contributed by atoms with van der Waals surface area (Å²) in [7, 11) is 0. The molecule has 2 N–H and O–H groups in total. The van der Waals surface area contributed by atoms with Gasteiger partial charge in [-0.25, -0.2) is 0 Å². The van der Waals surface area contributed by atoms with Crippen molar-refractivity contribution in [3.8, 4) is 0 Å². The average Bonchev–Trinajstić information content (AvgIpc) is 2.93. The Balaban J connectivity index is 2.24. The lowest BCUT2D eigenvalue weighted by molar-refractivity contribution is 0.646. The van der Waals surface area contributed by atoms with Crippen molar-refractivity contribution in [1.29, 1.82) is 0 Å². The summed E-state index contributed by atoms with van der Waals surface area (Å²) in [6, 6.07) is 8.80. The van der Waals surface area contributed by atoms with Gasteiger partial charge < -0.3 is 10.6 Å². The smallest absolute Gasteiger partial charge is 0.107 e. The average molecular weight is 285 g/mol. The van der Waals surface area contributed by atoms with Gasteiger partial charge in [0, 0.05) is 24.2 Å². The molecule has 0 aliphatic carbocycles. The fraction of sp³-hybridized carbons (Fsp3) is 0.375. The number of benzene rings is 1. The van der Waals surface area contributed by atoms with Crippen molar-refractivity contribution in [2.75, 3.05) is 11.4 Å². The predicted octanol–water partition coefficient (Wildman–Crippen LogP) is 3.25. The molecule has 1 aromatic carbocycles. The third-order valence-electron chi connectivity index (χ3n) is 4.15. The van der Waals surface area contributed by atoms with E-state index in [0.717, 1.165) is 29.4 Å². The molecule has 20 heavy (non-hydrogen) atoms. The Bertz CT molecular complexity index is 653. The number of pyridine rings is 1. The normalized spacial score (nSPS) is 18.6. The maximum absolute atomic E-state index is 5.92. The Kier molecular flexibility index (Phi) is 3.57. The first kappa shape index (κ1) is 13.3. The van der Waals surface area contributed by atoms with Crippen LogP contribution in [-0.2, 0) is 0 Å². The number of hydrogen-bond donors (Lipinski definition) is 1. The van der Waals surface area contributed by atoms with Crippen LogP contribution in [0.3, 0.4) is 0 Å². The molecule has 2 heterocycles. The highest BCUT2D eigenvalue weighted by atomic mass is 32.1. The van der Waals surface area contributed by atoms with Gasteiger partial charge >= 0.3 is 0 Å². The first-order valence-corrected chi connectivity index (χ1v) is 7.57. The topological polar surface area (TPSA) is 42.1 Å². The quantitative estimate of drug-likeness (QED) is 0.879. The fourth-order valence-electron chi connectivity index (χ4n) is 3.17. The number of nitrogens with zero attached hydrogens (tertiary/aromatic N) is 2. The van der Waals surface area contributed by atoms with Gasteiger partial charge in [-0.3, -0.25) is 4.98 Å². The molecule has 1 aromatic heterocycles. The molecule has 0 radical (unpaired) electrons. The minimum absolute atomic E-state index is 0.431. The summed E-state index contributed by atoms with van der Waals surface area (Å²) < 4.78 is 0. The molecule has 0 spiro atoms. The van der Waals surface area contributed by atoms with E-state index in [4.69, 9.17) is 18.0 Å². The monoisotopic (exact) mass is 285 g/mol. The zero-order valence-corrected chi connectivity index (χ0v) is 12.5. The van der Waals surface area contributed by atoms with Gasteiger partial charge in [0.15, 0.2) is 0 Å². The highest BCUT2D eigenvalue weighted by Crippen LogP contribution is 2.35. The second-order valence-electron chi connectivity index (χ2n) is 5.30. The van der Waals surface area contributed by atoms with Crippen LogP contribution in [0.15, 0.2) is 30.5 Å². The number of nitrogens with two attached hydrogens (primary N) is 1. The summed E-state index contributed by atoms with van der Waals surface area (Å²) in [4.78, 5) is 7.39. The van der Waals surface area contributed by atoms with Crippen molar-refractivity contribution >= 4 is 33.8 Å². The van der Waals surface area contributed by atoms with E-state index in [9.17, 15) is 0 Å². The summed E-state index contributed by atoms with van der Waals surface area (Å²) in [5.74, 6) is 0. The maximum atomic E-state index is 5.92. The Labute approximate surface area is 124 Å². The highest BCUT2D eigenvalue weighted by Gasteiger charge is 2.27. The van der Waals surface area contributed by atoms with Gasteiger partial charge in [0.1, 0.15) is 4.99 Å². The second kappa shape index (κ2) is 5.37. The summed E-state index contributed by atoms with van der Waals surface area (Å²) >= 11 is 5.23. The standard InChI is InChI=1S/C16H19N3S/c1-2-11-6-5-9-19(11)15-12-7-3-4-8-14(12)18-10-13(15)16(17)20/h3-4,7-8,10-11H,2,5-6,9H2,1H3,(H2,17,20). The van der Waals surface area contributed by atoms with Crippen molar-refractivity contribution < 1.29 is 0 Å². The molecule has 1 saturated heterocycles. The number of fused-ring (bicyclic) bond motifs is 1. The molecule has 0 amide bonds. The predicted molar refractivity (Wildman–Crippen MR) is 88.3 cm³/mol. The molecule has 4 heteroatoms. The van der Waals surface area contributed by atoms with Gasteiger partial charge in [-0.15, -0.1) is 0 Å². The Morgan fingerprint density at radius 1 is 1.45 bits per heavy atom. The van der Waals surface area contributed by atoms with Crippen molar-refractivity contribution in [1.82, 2.24) is 4.98 Å². The van der Waals surface area contributed by atoms with Crippen molar-refractivity contribution in [2.45, 2.75) is 32.2 Å². The number of thiocarbonyl (C=S) groups is 1. The van der Waals surface area contributed by atoms with E-state index in [1.165, 1.54) is 18.5 Å². The van der Waals surface area contributed by atoms with Crippen LogP contribution in [0.2, 0.25) is 0 Å². The minimum Gasteiger partial charge on any atom is -0.389 e. The van der Waals surface area contributed by atoms with E-state index in [2.05, 4.69) is 22.9 Å². The van der Waals surface area contributed by atoms with E-state index >= 15 is 0 Å². The van der Waals surface area contributed by atoms with Gasteiger partial charge in [-0.2, -0.15) is 0 Å². The van der Waals surface area contributed by atoms with Gasteiger partial charge in [0.2, 0.25) is 0 Å². The first-order valence-electron chi connectivity index (χ1n) is 7.16. The molecule has 1 unspecified atom stereocenters. The molecule has 3 nitrogen and oxygen atoms in total. The van der Waals surface area contributed by atoms with E-state index in [1.54, 1.807) is 0 Å². The van der Waals surface area contributed by atoms with E-state index in [-0.39, 0.29) is 0 Å². The van der Waals surface area contributed by atoms with Crippen LogP contribution in [0.5, 0.6) is 0 Å². The van der Waals surface area contributed by atoms with Crippen LogP contribution in [0.1, 0.15) is 31.7 Å². The molecule has 1 aliphatic rings. The van der Waals surface area contributed by atoms with E-state index in [0.29, 0.717) is 11.0 Å². The van der Waals surface area contributed by atoms with Crippen LogP contribution in [0, 0.1) is 0 Å². The molecule has 104 valence electrons. The number of rotatable bonds is 3. The van der Waals surface area contributed by atoms with Crippen LogP contribution in [0.25, 0.3) is 10.9 Å². The van der Waals surface area contributed by atoms with Gasteiger partial charge in [0.25, 0.3) is 0 Å². The van der Waals surface area contributed by atoms with Gasteiger partial charge in [-0.05, 0) is 25.3 Å². The molecule has 1 atom stereocenters. The van der Waals surface area contributed by atoms with Crippen LogP contribution < -0.4 is 10.6 Å². The lowest BCUT2D eigenvalue weighted by atomic mass is 10.1. The number of hydrogen-bond acceptors (Lipinski definition) is 3. The maximum Gasteiger partial charge on any atom is 0.107 e. The Morgan fingerprint density at radius 2 is 2.25 bits per heavy atom. The fourth-order valence-corrected chi connectivity index (χ4v) is 3.32. The van der Waals surface area contributed by atoms with Crippen molar-refractivity contribution in [3.05, 3.63) is 36.0 Å². The first-order chi connectivity index (χ1) is 9.72. The zero-order chi connectivity index (χ0) is 14.1. The third-order valence-corrected chi connectivity index (χ3v) is 4.37. The number of aromatic nitrogens is 1. The largest absolute Gasteiger partial charge is 0.389 e. The molecule has 1 aliphatic heterocycles. The Hall–Kier alpha value is -1.68. The summed E-state index contributed by atoms with van der Waals surface area (Å²) in [6.45, 7) is 3.31. The van der Waals surface area contributed by atoms with Crippen LogP contribution >= 0.6 is 12.2 Å². The molecule has 0 bridgehead atoms. The summed E-state index contributed by atoms with van der Waals surface area (Å²) in [5, 5.41) is 1.15.